The number of hydrogen-bond donors (Lipinski definition) is 4. The van der Waals surface area contributed by atoms with Crippen LogP contribution in [0.2, 0.25) is 0 Å². The van der Waals surface area contributed by atoms with Crippen molar-refractivity contribution in [2.24, 2.45) is 11.8 Å². The van der Waals surface area contributed by atoms with Crippen molar-refractivity contribution in [1.82, 2.24) is 19.9 Å². The lowest BCUT2D eigenvalue weighted by Gasteiger charge is -2.21. The van der Waals surface area contributed by atoms with Gasteiger partial charge in [0, 0.05) is 25.8 Å². The molecule has 2 fully saturated rings. The van der Waals surface area contributed by atoms with E-state index in [0.29, 0.717) is 30.7 Å². The van der Waals surface area contributed by atoms with E-state index in [1.807, 2.05) is 13.0 Å². The molecule has 0 spiro atoms. The number of nitrogens with zero attached hydrogens (tertiary/aromatic N) is 4. The Bertz CT molecular complexity index is 1070. The first-order valence-corrected chi connectivity index (χ1v) is 11.8. The van der Waals surface area contributed by atoms with Crippen molar-refractivity contribution in [1.29, 1.82) is 0 Å². The van der Waals surface area contributed by atoms with Crippen molar-refractivity contribution in [3.8, 4) is 10.6 Å². The number of aromatic nitrogens is 4. The van der Waals surface area contributed by atoms with Gasteiger partial charge in [0.1, 0.15) is 22.4 Å². The maximum atomic E-state index is 10.7. The zero-order valence-electron chi connectivity index (χ0n) is 18.2. The summed E-state index contributed by atoms with van der Waals surface area (Å²) in [6, 6.07) is 1.59. The van der Waals surface area contributed by atoms with Crippen LogP contribution in [0, 0.1) is 18.8 Å². The summed E-state index contributed by atoms with van der Waals surface area (Å²) in [5.41, 5.74) is 2.43. The maximum absolute atomic E-state index is 10.7. The third kappa shape index (κ3) is 4.27. The number of aryl methyl sites for hydroxylation is 1. The Hall–Kier alpha value is -2.40. The number of fused-ring (bicyclic) bond motifs is 1. The van der Waals surface area contributed by atoms with E-state index in [4.69, 9.17) is 14.7 Å². The van der Waals surface area contributed by atoms with Gasteiger partial charge in [0.15, 0.2) is 0 Å². The van der Waals surface area contributed by atoms with Crippen LogP contribution < -0.4 is 10.6 Å². The average molecular weight is 457 g/mol. The van der Waals surface area contributed by atoms with Gasteiger partial charge < -0.3 is 25.6 Å². The Morgan fingerprint density at radius 1 is 1.19 bits per heavy atom. The molecule has 0 aromatic carbocycles. The van der Waals surface area contributed by atoms with Crippen LogP contribution in [0.5, 0.6) is 0 Å². The van der Waals surface area contributed by atoms with Crippen LogP contribution >= 0.6 is 11.3 Å². The predicted molar refractivity (Wildman–Crippen MR) is 124 cm³/mol. The second kappa shape index (κ2) is 8.86. The van der Waals surface area contributed by atoms with E-state index in [1.165, 1.54) is 12.8 Å². The van der Waals surface area contributed by atoms with Gasteiger partial charge >= 0.3 is 0 Å². The topological polar surface area (TPSA) is 125 Å². The molecule has 0 radical (unpaired) electrons. The molecule has 4 atom stereocenters. The highest BCUT2D eigenvalue weighted by atomic mass is 32.1. The molecule has 0 unspecified atom stereocenters. The zero-order valence-corrected chi connectivity index (χ0v) is 19.0. The molecule has 3 heterocycles. The number of hydrogen-bond acceptors (Lipinski definition) is 10. The molecule has 2 aliphatic carbocycles. The second-order valence-electron chi connectivity index (χ2n) is 8.73. The van der Waals surface area contributed by atoms with Gasteiger partial charge in [-0.1, -0.05) is 0 Å². The van der Waals surface area contributed by atoms with E-state index in [0.717, 1.165) is 33.0 Å². The van der Waals surface area contributed by atoms with E-state index < -0.39 is 12.2 Å². The third-order valence-electron chi connectivity index (χ3n) is 6.24. The van der Waals surface area contributed by atoms with E-state index in [1.54, 1.807) is 30.8 Å². The van der Waals surface area contributed by atoms with Crippen LogP contribution in [-0.4, -0.2) is 68.7 Å². The van der Waals surface area contributed by atoms with Crippen LogP contribution in [0.1, 0.15) is 25.0 Å². The fraction of sp³-hybridized carbons (Fsp3) is 0.545. The Morgan fingerprint density at radius 2 is 2.03 bits per heavy atom. The molecule has 4 N–H and O–H groups in total. The number of pyridine rings is 1. The monoisotopic (exact) mass is 456 g/mol. The summed E-state index contributed by atoms with van der Waals surface area (Å²) in [7, 11) is 1.60. The minimum Gasteiger partial charge on any atom is -0.390 e. The van der Waals surface area contributed by atoms with Crippen molar-refractivity contribution < 1.29 is 14.9 Å². The first-order chi connectivity index (χ1) is 15.5. The van der Waals surface area contributed by atoms with Crippen molar-refractivity contribution in [2.45, 2.75) is 44.4 Å². The van der Waals surface area contributed by atoms with Gasteiger partial charge in [0.2, 0.25) is 5.95 Å². The average Bonchev–Trinajstić information content (AvgIpc) is 3.46. The van der Waals surface area contributed by atoms with Crippen LogP contribution in [0.25, 0.3) is 20.8 Å². The lowest BCUT2D eigenvalue weighted by atomic mass is 10.1. The van der Waals surface area contributed by atoms with Crippen molar-refractivity contribution >= 4 is 33.3 Å². The molecule has 0 saturated heterocycles. The van der Waals surface area contributed by atoms with Gasteiger partial charge in [0.05, 0.1) is 40.9 Å². The fourth-order valence-corrected chi connectivity index (χ4v) is 5.31. The Balaban J connectivity index is 1.50. The smallest absolute Gasteiger partial charge is 0.224 e. The molecule has 5 rings (SSSR count). The molecule has 32 heavy (non-hydrogen) atoms. The van der Waals surface area contributed by atoms with Gasteiger partial charge in [-0.3, -0.25) is 4.98 Å². The molecule has 170 valence electrons. The lowest BCUT2D eigenvalue weighted by Crippen LogP contribution is -2.36. The highest BCUT2D eigenvalue weighted by Gasteiger charge is 2.42. The summed E-state index contributed by atoms with van der Waals surface area (Å²) < 4.78 is 6.25. The molecule has 3 aromatic heterocycles. The quantitative estimate of drug-likeness (QED) is 0.404. The molecule has 9 nitrogen and oxygen atoms in total. The van der Waals surface area contributed by atoms with Gasteiger partial charge in [-0.05, 0) is 38.2 Å². The summed E-state index contributed by atoms with van der Waals surface area (Å²) >= 11 is 1.56. The molecule has 3 aromatic rings. The molecule has 0 amide bonds. The van der Waals surface area contributed by atoms with Gasteiger partial charge in [0.25, 0.3) is 0 Å². The molecule has 10 heteroatoms. The van der Waals surface area contributed by atoms with Crippen molar-refractivity contribution in [3.63, 3.8) is 0 Å². The maximum Gasteiger partial charge on any atom is 0.224 e. The molecule has 0 bridgehead atoms. The van der Waals surface area contributed by atoms with Crippen molar-refractivity contribution in [2.75, 3.05) is 30.9 Å². The highest BCUT2D eigenvalue weighted by molar-refractivity contribution is 7.21. The fourth-order valence-electron chi connectivity index (χ4n) is 4.28. The summed E-state index contributed by atoms with van der Waals surface area (Å²) in [6.07, 6.45) is 4.79. The Labute approximate surface area is 190 Å². The Morgan fingerprint density at radius 3 is 2.78 bits per heavy atom. The van der Waals surface area contributed by atoms with Gasteiger partial charge in [-0.15, -0.1) is 11.3 Å². The number of aliphatic hydroxyl groups excluding tert-OH is 2. The highest BCUT2D eigenvalue weighted by Crippen LogP contribution is 2.38. The number of methoxy groups -OCH3 is 1. The molecular weight excluding hydrogens is 428 g/mol. The third-order valence-corrected chi connectivity index (χ3v) is 7.30. The first-order valence-electron chi connectivity index (χ1n) is 11.0. The van der Waals surface area contributed by atoms with Crippen LogP contribution in [0.15, 0.2) is 18.5 Å². The lowest BCUT2D eigenvalue weighted by molar-refractivity contribution is -0.00195. The zero-order chi connectivity index (χ0) is 22.2. The molecule has 2 saturated carbocycles. The van der Waals surface area contributed by atoms with Gasteiger partial charge in [-0.2, -0.15) is 4.98 Å². The predicted octanol–water partition coefficient (Wildman–Crippen LogP) is 2.45. The minimum atomic E-state index is -0.916. The van der Waals surface area contributed by atoms with Gasteiger partial charge in [-0.25, -0.2) is 9.97 Å². The Kier molecular flexibility index (Phi) is 5.93. The van der Waals surface area contributed by atoms with Crippen LogP contribution in [-0.2, 0) is 4.74 Å². The van der Waals surface area contributed by atoms with E-state index in [2.05, 4.69) is 20.6 Å². The number of nitrogens with one attached hydrogen (secondary N) is 2. The second-order valence-corrected chi connectivity index (χ2v) is 9.76. The number of thiazole rings is 1. The number of anilines is 2. The van der Waals surface area contributed by atoms with Crippen LogP contribution in [0.4, 0.5) is 11.8 Å². The number of rotatable bonds is 8. The SMILES string of the molecule is COC[C@H]1C[C@@H](Nc2nc(NCC3CC3)nc(C)c2-c2nc3cnccc3s2)[C@H](O)[C@@H]1O. The molecule has 0 aliphatic heterocycles. The molecule has 2 aliphatic rings. The normalized spacial score (nSPS) is 25.4. The van der Waals surface area contributed by atoms with E-state index in [9.17, 15) is 10.2 Å². The summed E-state index contributed by atoms with van der Waals surface area (Å²) in [5, 5.41) is 28.7. The summed E-state index contributed by atoms with van der Waals surface area (Å²) in [4.78, 5) is 18.4. The minimum absolute atomic E-state index is 0.139. The van der Waals surface area contributed by atoms with E-state index >= 15 is 0 Å². The number of ether oxygens (including phenoxy) is 1. The van der Waals surface area contributed by atoms with Crippen LogP contribution in [0.3, 0.4) is 0 Å². The van der Waals surface area contributed by atoms with E-state index in [-0.39, 0.29) is 12.0 Å². The standard InChI is InChI=1S/C22H28N6O3S/c1-11-17(21-27-15-9-23-6-5-16(15)32-21)20(28-22(25-11)24-8-12-3-4-12)26-14-7-13(10-31-2)18(29)19(14)30/h5-6,9,12-14,18-19,29-30H,3-4,7-8,10H2,1-2H3,(H2,24,25,26,28)/t13-,14-,18-,19+/m1/s1. The summed E-state index contributed by atoms with van der Waals surface area (Å²) in [6.45, 7) is 3.19. The first kappa shape index (κ1) is 21.4. The van der Waals surface area contributed by atoms with Crippen molar-refractivity contribution in [3.05, 3.63) is 24.2 Å². The molecular formula is C22H28N6O3S. The summed E-state index contributed by atoms with van der Waals surface area (Å²) in [5.74, 6) is 1.72. The number of aliphatic hydroxyl groups is 2. The largest absolute Gasteiger partial charge is 0.390 e.